The molecule has 2 rings (SSSR count). The first kappa shape index (κ1) is 18.6. The summed E-state index contributed by atoms with van der Waals surface area (Å²) in [5.74, 6) is 1.04. The second-order valence-electron chi connectivity index (χ2n) is 5.94. The van der Waals surface area contributed by atoms with Gasteiger partial charge in [0, 0.05) is 0 Å². The van der Waals surface area contributed by atoms with E-state index in [1.807, 2.05) is 20.8 Å². The van der Waals surface area contributed by atoms with Crippen molar-refractivity contribution in [1.82, 2.24) is 5.32 Å². The lowest BCUT2D eigenvalue weighted by Gasteiger charge is -2.19. The molecule has 0 aromatic heterocycles. The van der Waals surface area contributed by atoms with Gasteiger partial charge < -0.3 is 19.5 Å². The second-order valence-corrected chi connectivity index (χ2v) is 5.94. The standard InChI is InChI=1S/C20H25NO4/c1-12-7-8-13(2)16(11-12)14(3)21-20(22)15-9-10-17(23-4)19(25-6)18(15)24-5/h7-11,14H,1-6H3,(H,21,22). The van der Waals surface area contributed by atoms with Gasteiger partial charge in [-0.25, -0.2) is 0 Å². The number of hydrogen-bond donors (Lipinski definition) is 1. The van der Waals surface area contributed by atoms with Gasteiger partial charge >= 0.3 is 0 Å². The van der Waals surface area contributed by atoms with E-state index in [1.54, 1.807) is 19.2 Å². The second kappa shape index (κ2) is 7.92. The van der Waals surface area contributed by atoms with Crippen molar-refractivity contribution in [3.63, 3.8) is 0 Å². The predicted molar refractivity (Wildman–Crippen MR) is 97.9 cm³/mol. The molecule has 0 heterocycles. The molecule has 134 valence electrons. The van der Waals surface area contributed by atoms with Crippen molar-refractivity contribution >= 4 is 5.91 Å². The summed E-state index contributed by atoms with van der Waals surface area (Å²) in [6.07, 6.45) is 0. The third-order valence-corrected chi connectivity index (χ3v) is 4.20. The monoisotopic (exact) mass is 343 g/mol. The van der Waals surface area contributed by atoms with Crippen LogP contribution in [0, 0.1) is 13.8 Å². The molecule has 25 heavy (non-hydrogen) atoms. The number of methoxy groups -OCH3 is 3. The lowest BCUT2D eigenvalue weighted by atomic mass is 9.99. The Morgan fingerprint density at radius 2 is 1.64 bits per heavy atom. The van der Waals surface area contributed by atoms with Crippen molar-refractivity contribution < 1.29 is 19.0 Å². The minimum atomic E-state index is -0.230. The minimum Gasteiger partial charge on any atom is -0.493 e. The number of hydrogen-bond acceptors (Lipinski definition) is 4. The summed E-state index contributed by atoms with van der Waals surface area (Å²) >= 11 is 0. The first-order valence-corrected chi connectivity index (χ1v) is 8.09. The molecule has 1 N–H and O–H groups in total. The maximum atomic E-state index is 12.8. The number of carbonyl (C=O) groups is 1. The molecular formula is C20H25NO4. The highest BCUT2D eigenvalue weighted by molar-refractivity contribution is 5.98. The Balaban J connectivity index is 2.33. The van der Waals surface area contributed by atoms with Crippen molar-refractivity contribution in [2.75, 3.05) is 21.3 Å². The Labute approximate surface area is 148 Å². The van der Waals surface area contributed by atoms with Crippen LogP contribution in [0.25, 0.3) is 0 Å². The van der Waals surface area contributed by atoms with Crippen LogP contribution in [-0.2, 0) is 0 Å². The molecule has 1 amide bonds. The molecule has 0 aliphatic carbocycles. The van der Waals surface area contributed by atoms with Crippen LogP contribution < -0.4 is 19.5 Å². The van der Waals surface area contributed by atoms with Crippen molar-refractivity contribution in [2.24, 2.45) is 0 Å². The van der Waals surface area contributed by atoms with Crippen LogP contribution in [0.5, 0.6) is 17.2 Å². The summed E-state index contributed by atoms with van der Waals surface area (Å²) in [4.78, 5) is 12.8. The lowest BCUT2D eigenvalue weighted by Crippen LogP contribution is -2.27. The predicted octanol–water partition coefficient (Wildman–Crippen LogP) is 3.82. The van der Waals surface area contributed by atoms with E-state index in [-0.39, 0.29) is 11.9 Å². The largest absolute Gasteiger partial charge is 0.493 e. The fourth-order valence-electron chi connectivity index (χ4n) is 2.86. The van der Waals surface area contributed by atoms with Crippen LogP contribution in [0.1, 0.15) is 40.0 Å². The summed E-state index contributed by atoms with van der Waals surface area (Å²) in [5.41, 5.74) is 3.79. The third-order valence-electron chi connectivity index (χ3n) is 4.20. The molecule has 0 radical (unpaired) electrons. The van der Waals surface area contributed by atoms with E-state index in [0.717, 1.165) is 16.7 Å². The molecule has 0 bridgehead atoms. The van der Waals surface area contributed by atoms with Gasteiger partial charge in [0.25, 0.3) is 5.91 Å². The quantitative estimate of drug-likeness (QED) is 0.866. The average Bonchev–Trinajstić information content (AvgIpc) is 2.61. The molecule has 1 atom stereocenters. The first-order valence-electron chi connectivity index (χ1n) is 8.09. The molecule has 0 fully saturated rings. The summed E-state index contributed by atoms with van der Waals surface area (Å²) in [5, 5.41) is 3.03. The Hall–Kier alpha value is -2.69. The van der Waals surface area contributed by atoms with Gasteiger partial charge in [0.2, 0.25) is 5.75 Å². The fourth-order valence-corrected chi connectivity index (χ4v) is 2.86. The first-order chi connectivity index (χ1) is 11.9. The van der Waals surface area contributed by atoms with E-state index in [9.17, 15) is 4.79 Å². The van der Waals surface area contributed by atoms with Crippen molar-refractivity contribution in [2.45, 2.75) is 26.8 Å². The summed E-state index contributed by atoms with van der Waals surface area (Å²) < 4.78 is 16.0. The van der Waals surface area contributed by atoms with E-state index < -0.39 is 0 Å². The third kappa shape index (κ3) is 3.87. The molecule has 0 aliphatic heterocycles. The van der Waals surface area contributed by atoms with Gasteiger partial charge in [0.1, 0.15) is 0 Å². The number of carbonyl (C=O) groups excluding carboxylic acids is 1. The van der Waals surface area contributed by atoms with Gasteiger partial charge in [-0.05, 0) is 44.0 Å². The molecule has 2 aromatic carbocycles. The van der Waals surface area contributed by atoms with E-state index >= 15 is 0 Å². The van der Waals surface area contributed by atoms with Crippen LogP contribution in [0.15, 0.2) is 30.3 Å². The SMILES string of the molecule is COc1ccc(C(=O)NC(C)c2cc(C)ccc2C)c(OC)c1OC. The number of benzene rings is 2. The zero-order valence-electron chi connectivity index (χ0n) is 15.6. The zero-order chi connectivity index (χ0) is 18.6. The summed E-state index contributed by atoms with van der Waals surface area (Å²) in [6.45, 7) is 6.04. The number of rotatable bonds is 6. The number of aryl methyl sites for hydroxylation is 2. The average molecular weight is 343 g/mol. The highest BCUT2D eigenvalue weighted by atomic mass is 16.5. The van der Waals surface area contributed by atoms with Crippen LogP contribution >= 0.6 is 0 Å². The Bertz CT molecular complexity index is 771. The van der Waals surface area contributed by atoms with Crippen LogP contribution in [0.4, 0.5) is 0 Å². The maximum absolute atomic E-state index is 12.8. The molecule has 0 aliphatic rings. The van der Waals surface area contributed by atoms with Gasteiger partial charge in [0.15, 0.2) is 11.5 Å². The maximum Gasteiger partial charge on any atom is 0.255 e. The number of amides is 1. The Kier molecular flexibility index (Phi) is 5.91. The minimum absolute atomic E-state index is 0.134. The van der Waals surface area contributed by atoms with Crippen LogP contribution in [0.2, 0.25) is 0 Å². The molecule has 0 saturated carbocycles. The van der Waals surface area contributed by atoms with E-state index in [2.05, 4.69) is 23.5 Å². The molecular weight excluding hydrogens is 318 g/mol. The van der Waals surface area contributed by atoms with Gasteiger partial charge in [-0.1, -0.05) is 23.8 Å². The molecule has 0 saturated heterocycles. The molecule has 5 nitrogen and oxygen atoms in total. The fraction of sp³-hybridized carbons (Fsp3) is 0.350. The highest BCUT2D eigenvalue weighted by Crippen LogP contribution is 2.39. The van der Waals surface area contributed by atoms with Gasteiger partial charge in [-0.3, -0.25) is 4.79 Å². The van der Waals surface area contributed by atoms with Gasteiger partial charge in [-0.2, -0.15) is 0 Å². The van der Waals surface area contributed by atoms with Crippen LogP contribution in [0.3, 0.4) is 0 Å². The van der Waals surface area contributed by atoms with E-state index in [4.69, 9.17) is 14.2 Å². The zero-order valence-corrected chi connectivity index (χ0v) is 15.6. The highest BCUT2D eigenvalue weighted by Gasteiger charge is 2.22. The molecule has 2 aromatic rings. The van der Waals surface area contributed by atoms with Crippen molar-refractivity contribution in [1.29, 1.82) is 0 Å². The normalized spacial score (nSPS) is 11.6. The topological polar surface area (TPSA) is 56.8 Å². The lowest BCUT2D eigenvalue weighted by molar-refractivity contribution is 0.0936. The molecule has 1 unspecified atom stereocenters. The Morgan fingerprint density at radius 1 is 0.960 bits per heavy atom. The Morgan fingerprint density at radius 3 is 2.24 bits per heavy atom. The van der Waals surface area contributed by atoms with Gasteiger partial charge in [0.05, 0.1) is 32.9 Å². The molecule has 5 heteroatoms. The van der Waals surface area contributed by atoms with E-state index in [1.165, 1.54) is 14.2 Å². The molecule has 0 spiro atoms. The summed E-state index contributed by atoms with van der Waals surface area (Å²) in [6, 6.07) is 9.44. The van der Waals surface area contributed by atoms with E-state index in [0.29, 0.717) is 22.8 Å². The van der Waals surface area contributed by atoms with Gasteiger partial charge in [-0.15, -0.1) is 0 Å². The summed E-state index contributed by atoms with van der Waals surface area (Å²) in [7, 11) is 4.56. The smallest absolute Gasteiger partial charge is 0.255 e. The van der Waals surface area contributed by atoms with Crippen molar-refractivity contribution in [3.05, 3.63) is 52.6 Å². The number of nitrogens with one attached hydrogen (secondary N) is 1. The number of ether oxygens (including phenoxy) is 3. The van der Waals surface area contributed by atoms with Crippen molar-refractivity contribution in [3.8, 4) is 17.2 Å². The van der Waals surface area contributed by atoms with Crippen LogP contribution in [-0.4, -0.2) is 27.2 Å².